The van der Waals surface area contributed by atoms with Crippen LogP contribution in [0, 0.1) is 23.7 Å². The zero-order valence-corrected chi connectivity index (χ0v) is 16.0. The van der Waals surface area contributed by atoms with E-state index in [1.165, 1.54) is 35.1 Å². The number of allylic oxidation sites excluding steroid dienone is 8. The summed E-state index contributed by atoms with van der Waals surface area (Å²) in [5.41, 5.74) is 5.81. The molecule has 0 aromatic rings. The third-order valence-electron chi connectivity index (χ3n) is 4.50. The van der Waals surface area contributed by atoms with Crippen LogP contribution >= 0.6 is 0 Å². The van der Waals surface area contributed by atoms with Crippen molar-refractivity contribution in [1.29, 1.82) is 0 Å². The van der Waals surface area contributed by atoms with Gasteiger partial charge >= 0.3 is 0 Å². The van der Waals surface area contributed by atoms with Gasteiger partial charge in [-0.05, 0) is 91.9 Å². The summed E-state index contributed by atoms with van der Waals surface area (Å²) in [5.74, 6) is 2.81. The largest absolute Gasteiger partial charge is 0.0856 e. The molecule has 0 amide bonds. The van der Waals surface area contributed by atoms with Gasteiger partial charge in [0.15, 0.2) is 0 Å². The normalized spacial score (nSPS) is 27.1. The Balaban J connectivity index is 3.19. The van der Waals surface area contributed by atoms with Gasteiger partial charge in [-0.1, -0.05) is 46.6 Å². The molecule has 0 bridgehead atoms. The minimum absolute atomic E-state index is 0.677. The minimum Gasteiger partial charge on any atom is -0.0856 e. The summed E-state index contributed by atoms with van der Waals surface area (Å²) in [4.78, 5) is 0. The maximum absolute atomic E-state index is 2.53. The molecule has 1 saturated carbocycles. The topological polar surface area (TPSA) is 0 Å². The highest BCUT2D eigenvalue weighted by Crippen LogP contribution is 2.47. The molecule has 0 nitrogen and oxygen atoms in total. The fourth-order valence-corrected chi connectivity index (χ4v) is 3.81. The average molecular weight is 301 g/mol. The second-order valence-corrected chi connectivity index (χ2v) is 8.05. The van der Waals surface area contributed by atoms with E-state index in [1.54, 1.807) is 0 Å². The van der Waals surface area contributed by atoms with Gasteiger partial charge in [0.25, 0.3) is 0 Å². The lowest BCUT2D eigenvalue weighted by Crippen LogP contribution is -2.15. The molecular weight excluding hydrogens is 264 g/mol. The van der Waals surface area contributed by atoms with Crippen LogP contribution in [0.2, 0.25) is 0 Å². The Morgan fingerprint density at radius 1 is 0.682 bits per heavy atom. The lowest BCUT2D eigenvalue weighted by molar-refractivity contribution is 0.384. The molecule has 1 rings (SSSR count). The van der Waals surface area contributed by atoms with Crippen molar-refractivity contribution >= 4 is 0 Å². The van der Waals surface area contributed by atoms with Gasteiger partial charge in [-0.15, -0.1) is 0 Å². The minimum atomic E-state index is 0.677. The molecule has 4 unspecified atom stereocenters. The lowest BCUT2D eigenvalue weighted by atomic mass is 9.82. The van der Waals surface area contributed by atoms with Crippen molar-refractivity contribution in [2.24, 2.45) is 23.7 Å². The predicted octanol–water partition coefficient (Wildman–Crippen LogP) is 7.11. The predicted molar refractivity (Wildman–Crippen MR) is 101 cm³/mol. The van der Waals surface area contributed by atoms with Crippen LogP contribution in [0.5, 0.6) is 0 Å². The van der Waals surface area contributed by atoms with E-state index in [0.717, 1.165) is 5.92 Å². The molecule has 0 N–H and O–H groups in total. The summed E-state index contributed by atoms with van der Waals surface area (Å²) >= 11 is 0. The molecule has 124 valence electrons. The monoisotopic (exact) mass is 300 g/mol. The van der Waals surface area contributed by atoms with E-state index >= 15 is 0 Å². The molecule has 1 fully saturated rings. The maximum atomic E-state index is 2.53. The van der Waals surface area contributed by atoms with E-state index < -0.39 is 0 Å². The Kier molecular flexibility index (Phi) is 7.39. The van der Waals surface area contributed by atoms with Crippen LogP contribution in [0.25, 0.3) is 0 Å². The standard InChI is InChI=1S/C22H36/c1-15(2)9-10-21-19(11-16(3)4)14-20(12-17(5)6)22(21)13-18(7)8/h9,11-13,19-22H,10,14H2,1-8H3. The van der Waals surface area contributed by atoms with Crippen LogP contribution in [0.3, 0.4) is 0 Å². The summed E-state index contributed by atoms with van der Waals surface area (Å²) in [6.07, 6.45) is 12.5. The van der Waals surface area contributed by atoms with Crippen LogP contribution in [0.15, 0.2) is 46.6 Å². The molecule has 0 heterocycles. The van der Waals surface area contributed by atoms with Crippen molar-refractivity contribution < 1.29 is 0 Å². The van der Waals surface area contributed by atoms with Gasteiger partial charge in [0.1, 0.15) is 0 Å². The molecule has 0 heteroatoms. The van der Waals surface area contributed by atoms with Crippen molar-refractivity contribution in [1.82, 2.24) is 0 Å². The molecule has 0 saturated heterocycles. The average Bonchev–Trinajstić information content (AvgIpc) is 2.62. The summed E-state index contributed by atoms with van der Waals surface area (Å²) in [7, 11) is 0. The SMILES string of the molecule is CC(C)=CCC1C(C=C(C)C)CC(C=C(C)C)C1C=C(C)C. The Labute approximate surface area is 139 Å². The third-order valence-corrected chi connectivity index (χ3v) is 4.50. The molecule has 0 spiro atoms. The molecule has 1 aliphatic rings. The van der Waals surface area contributed by atoms with Gasteiger partial charge in [0.05, 0.1) is 0 Å². The molecule has 0 aromatic heterocycles. The summed E-state index contributed by atoms with van der Waals surface area (Å²) < 4.78 is 0. The Hall–Kier alpha value is -1.04. The van der Waals surface area contributed by atoms with Gasteiger partial charge in [0.2, 0.25) is 0 Å². The maximum Gasteiger partial charge on any atom is -0.0131 e. The van der Waals surface area contributed by atoms with E-state index in [2.05, 4.69) is 79.7 Å². The van der Waals surface area contributed by atoms with Crippen molar-refractivity contribution in [2.75, 3.05) is 0 Å². The number of hydrogen-bond donors (Lipinski definition) is 0. The second kappa shape index (κ2) is 8.56. The number of rotatable bonds is 5. The quantitative estimate of drug-likeness (QED) is 0.474. The first-order valence-electron chi connectivity index (χ1n) is 8.79. The van der Waals surface area contributed by atoms with Crippen LogP contribution < -0.4 is 0 Å². The summed E-state index contributed by atoms with van der Waals surface area (Å²) in [6.45, 7) is 17.9. The van der Waals surface area contributed by atoms with Crippen molar-refractivity contribution in [3.8, 4) is 0 Å². The molecule has 22 heavy (non-hydrogen) atoms. The fourth-order valence-electron chi connectivity index (χ4n) is 3.81. The van der Waals surface area contributed by atoms with Crippen molar-refractivity contribution in [2.45, 2.75) is 68.2 Å². The zero-order chi connectivity index (χ0) is 16.9. The van der Waals surface area contributed by atoms with Gasteiger partial charge in [0, 0.05) is 0 Å². The van der Waals surface area contributed by atoms with Gasteiger partial charge in [-0.25, -0.2) is 0 Å². The van der Waals surface area contributed by atoms with E-state index in [-0.39, 0.29) is 0 Å². The highest BCUT2D eigenvalue weighted by Gasteiger charge is 2.39. The first-order chi connectivity index (χ1) is 10.2. The first-order valence-corrected chi connectivity index (χ1v) is 8.79. The molecule has 0 aliphatic heterocycles. The van der Waals surface area contributed by atoms with Gasteiger partial charge in [-0.3, -0.25) is 0 Å². The van der Waals surface area contributed by atoms with E-state index in [9.17, 15) is 0 Å². The first kappa shape index (κ1) is 19.0. The van der Waals surface area contributed by atoms with Gasteiger partial charge in [-0.2, -0.15) is 0 Å². The molecule has 0 radical (unpaired) electrons. The second-order valence-electron chi connectivity index (χ2n) is 8.05. The molecule has 4 atom stereocenters. The van der Waals surface area contributed by atoms with Crippen molar-refractivity contribution in [3.05, 3.63) is 46.6 Å². The van der Waals surface area contributed by atoms with Gasteiger partial charge < -0.3 is 0 Å². The smallest absolute Gasteiger partial charge is 0.0131 e. The van der Waals surface area contributed by atoms with Crippen LogP contribution in [0.1, 0.15) is 68.2 Å². The van der Waals surface area contributed by atoms with E-state index in [1.807, 2.05) is 0 Å². The van der Waals surface area contributed by atoms with Crippen molar-refractivity contribution in [3.63, 3.8) is 0 Å². The lowest BCUT2D eigenvalue weighted by Gasteiger charge is -2.23. The highest BCUT2D eigenvalue weighted by molar-refractivity contribution is 5.17. The molecule has 1 aliphatic carbocycles. The summed E-state index contributed by atoms with van der Waals surface area (Å²) in [6, 6.07) is 0. The fraction of sp³-hybridized carbons (Fsp3) is 0.636. The Morgan fingerprint density at radius 2 is 1.18 bits per heavy atom. The summed E-state index contributed by atoms with van der Waals surface area (Å²) in [5, 5.41) is 0. The highest BCUT2D eigenvalue weighted by atomic mass is 14.4. The van der Waals surface area contributed by atoms with Crippen LogP contribution in [0.4, 0.5) is 0 Å². The van der Waals surface area contributed by atoms with Crippen LogP contribution in [-0.2, 0) is 0 Å². The van der Waals surface area contributed by atoms with E-state index in [0.29, 0.717) is 17.8 Å². The van der Waals surface area contributed by atoms with E-state index in [4.69, 9.17) is 0 Å². The molecule has 0 aromatic carbocycles. The Morgan fingerprint density at radius 3 is 1.64 bits per heavy atom. The third kappa shape index (κ3) is 5.99. The molecular formula is C22H36. The zero-order valence-electron chi connectivity index (χ0n) is 16.0. The van der Waals surface area contributed by atoms with Crippen LogP contribution in [-0.4, -0.2) is 0 Å². The Bertz CT molecular complexity index is 468. The number of hydrogen-bond acceptors (Lipinski definition) is 0.